The molecular formula is C21H29N3O3. The third kappa shape index (κ3) is 6.09. The Morgan fingerprint density at radius 3 is 2.41 bits per heavy atom. The second-order valence-corrected chi connectivity index (χ2v) is 5.78. The molecule has 146 valence electrons. The van der Waals surface area contributed by atoms with Gasteiger partial charge in [0.25, 0.3) is 0 Å². The van der Waals surface area contributed by atoms with Gasteiger partial charge in [-0.1, -0.05) is 24.3 Å². The summed E-state index contributed by atoms with van der Waals surface area (Å²) in [6, 6.07) is 13.8. The molecule has 0 amide bonds. The maximum atomic E-state index is 5.56. The van der Waals surface area contributed by atoms with Gasteiger partial charge < -0.3 is 24.8 Å². The van der Waals surface area contributed by atoms with Crippen molar-refractivity contribution in [1.82, 2.24) is 10.6 Å². The van der Waals surface area contributed by atoms with Gasteiger partial charge in [0.1, 0.15) is 5.75 Å². The number of rotatable bonds is 9. The van der Waals surface area contributed by atoms with Gasteiger partial charge in [-0.05, 0) is 37.6 Å². The van der Waals surface area contributed by atoms with Gasteiger partial charge in [0.2, 0.25) is 0 Å². The molecule has 0 heterocycles. The van der Waals surface area contributed by atoms with Crippen LogP contribution < -0.4 is 24.8 Å². The minimum Gasteiger partial charge on any atom is -0.496 e. The Morgan fingerprint density at radius 2 is 1.70 bits per heavy atom. The van der Waals surface area contributed by atoms with Crippen LogP contribution in [-0.2, 0) is 13.1 Å². The average Bonchev–Trinajstić information content (AvgIpc) is 2.71. The van der Waals surface area contributed by atoms with Crippen LogP contribution in [0.4, 0.5) is 0 Å². The van der Waals surface area contributed by atoms with Crippen molar-refractivity contribution in [2.45, 2.75) is 26.9 Å². The van der Waals surface area contributed by atoms with E-state index in [1.807, 2.05) is 56.3 Å². The lowest BCUT2D eigenvalue weighted by atomic mass is 10.2. The lowest BCUT2D eigenvalue weighted by Crippen LogP contribution is -2.36. The summed E-state index contributed by atoms with van der Waals surface area (Å²) >= 11 is 0. The molecule has 0 fully saturated rings. The standard InChI is InChI=1S/C21H29N3O3/c1-5-22-21(24-15-17-9-7-8-10-18(17)25-3)23-14-16-11-12-19(27-6-2)20(13-16)26-4/h7-13H,5-6,14-15H2,1-4H3,(H2,22,23,24). The first-order valence-corrected chi connectivity index (χ1v) is 9.15. The summed E-state index contributed by atoms with van der Waals surface area (Å²) in [5.41, 5.74) is 2.12. The van der Waals surface area contributed by atoms with Crippen molar-refractivity contribution in [3.63, 3.8) is 0 Å². The number of ether oxygens (including phenoxy) is 3. The summed E-state index contributed by atoms with van der Waals surface area (Å²) in [6.45, 7) is 6.54. The third-order valence-corrected chi connectivity index (χ3v) is 3.93. The molecule has 0 saturated heterocycles. The van der Waals surface area contributed by atoms with E-state index in [0.29, 0.717) is 19.7 Å². The van der Waals surface area contributed by atoms with E-state index in [2.05, 4.69) is 15.6 Å². The summed E-state index contributed by atoms with van der Waals surface area (Å²) < 4.78 is 16.4. The zero-order valence-corrected chi connectivity index (χ0v) is 16.5. The molecule has 0 unspecified atom stereocenters. The average molecular weight is 371 g/mol. The van der Waals surface area contributed by atoms with Crippen LogP contribution in [-0.4, -0.2) is 33.3 Å². The number of nitrogens with zero attached hydrogens (tertiary/aromatic N) is 1. The van der Waals surface area contributed by atoms with E-state index in [1.54, 1.807) is 14.2 Å². The zero-order valence-electron chi connectivity index (χ0n) is 16.5. The third-order valence-electron chi connectivity index (χ3n) is 3.93. The van der Waals surface area contributed by atoms with Gasteiger partial charge in [-0.3, -0.25) is 0 Å². The first kappa shape index (κ1) is 20.4. The monoisotopic (exact) mass is 371 g/mol. The Labute approximate surface area is 161 Å². The van der Waals surface area contributed by atoms with Crippen LogP contribution in [0.15, 0.2) is 47.5 Å². The molecule has 27 heavy (non-hydrogen) atoms. The Hall–Kier alpha value is -2.89. The maximum absolute atomic E-state index is 5.56. The first-order chi connectivity index (χ1) is 13.2. The fraction of sp³-hybridized carbons (Fsp3) is 0.381. The fourth-order valence-electron chi connectivity index (χ4n) is 2.63. The number of hydrogen-bond acceptors (Lipinski definition) is 4. The smallest absolute Gasteiger partial charge is 0.191 e. The molecule has 0 aliphatic heterocycles. The predicted molar refractivity (Wildman–Crippen MR) is 109 cm³/mol. The number of para-hydroxylation sites is 1. The van der Waals surface area contributed by atoms with Crippen LogP contribution in [0.3, 0.4) is 0 Å². The van der Waals surface area contributed by atoms with Crippen LogP contribution in [0.1, 0.15) is 25.0 Å². The van der Waals surface area contributed by atoms with Crippen molar-refractivity contribution in [2.75, 3.05) is 27.4 Å². The van der Waals surface area contributed by atoms with Crippen molar-refractivity contribution in [1.29, 1.82) is 0 Å². The predicted octanol–water partition coefficient (Wildman–Crippen LogP) is 3.36. The topological polar surface area (TPSA) is 64.1 Å². The second kappa shape index (κ2) is 11.0. The van der Waals surface area contributed by atoms with Gasteiger partial charge in [0.15, 0.2) is 17.5 Å². The molecule has 0 spiro atoms. The Balaban J connectivity index is 2.06. The summed E-state index contributed by atoms with van der Waals surface area (Å²) in [6.07, 6.45) is 0. The lowest BCUT2D eigenvalue weighted by Gasteiger charge is -2.14. The largest absolute Gasteiger partial charge is 0.496 e. The quantitative estimate of drug-likeness (QED) is 0.523. The van der Waals surface area contributed by atoms with Crippen LogP contribution in [0, 0.1) is 0 Å². The zero-order chi connectivity index (χ0) is 19.5. The molecule has 2 N–H and O–H groups in total. The highest BCUT2D eigenvalue weighted by molar-refractivity contribution is 5.79. The number of aliphatic imine (C=N–C) groups is 1. The van der Waals surface area contributed by atoms with Crippen molar-refractivity contribution in [3.05, 3.63) is 53.6 Å². The number of hydrogen-bond donors (Lipinski definition) is 2. The van der Waals surface area contributed by atoms with Gasteiger partial charge in [0.05, 0.1) is 27.4 Å². The van der Waals surface area contributed by atoms with E-state index in [1.165, 1.54) is 0 Å². The van der Waals surface area contributed by atoms with Crippen LogP contribution in [0.2, 0.25) is 0 Å². The van der Waals surface area contributed by atoms with Gasteiger partial charge >= 0.3 is 0 Å². The van der Waals surface area contributed by atoms with Gasteiger partial charge in [-0.15, -0.1) is 0 Å². The fourth-order valence-corrected chi connectivity index (χ4v) is 2.63. The van der Waals surface area contributed by atoms with E-state index < -0.39 is 0 Å². The van der Waals surface area contributed by atoms with Crippen LogP contribution >= 0.6 is 0 Å². The molecule has 0 saturated carbocycles. The highest BCUT2D eigenvalue weighted by Gasteiger charge is 2.06. The van der Waals surface area contributed by atoms with Gasteiger partial charge in [0, 0.05) is 18.7 Å². The Morgan fingerprint density at radius 1 is 0.926 bits per heavy atom. The van der Waals surface area contributed by atoms with Crippen molar-refractivity contribution in [3.8, 4) is 17.2 Å². The molecule has 0 atom stereocenters. The number of benzene rings is 2. The molecule has 2 aromatic rings. The molecule has 6 nitrogen and oxygen atoms in total. The Kier molecular flexibility index (Phi) is 8.29. The first-order valence-electron chi connectivity index (χ1n) is 9.15. The Bertz CT molecular complexity index is 747. The van der Waals surface area contributed by atoms with Crippen LogP contribution in [0.25, 0.3) is 0 Å². The minimum atomic E-state index is 0.532. The molecule has 0 aromatic heterocycles. The van der Waals surface area contributed by atoms with E-state index in [9.17, 15) is 0 Å². The van der Waals surface area contributed by atoms with Crippen LogP contribution in [0.5, 0.6) is 17.2 Å². The summed E-state index contributed by atoms with van der Waals surface area (Å²) in [7, 11) is 3.32. The van der Waals surface area contributed by atoms with Gasteiger partial charge in [-0.25, -0.2) is 4.99 Å². The maximum Gasteiger partial charge on any atom is 0.191 e. The molecule has 6 heteroatoms. The lowest BCUT2D eigenvalue weighted by molar-refractivity contribution is 0.310. The van der Waals surface area contributed by atoms with Gasteiger partial charge in [-0.2, -0.15) is 0 Å². The highest BCUT2D eigenvalue weighted by atomic mass is 16.5. The van der Waals surface area contributed by atoms with E-state index in [0.717, 1.165) is 40.9 Å². The van der Waals surface area contributed by atoms with E-state index in [4.69, 9.17) is 14.2 Å². The molecular weight excluding hydrogens is 342 g/mol. The van der Waals surface area contributed by atoms with Crippen molar-refractivity contribution >= 4 is 5.96 Å². The molecule has 0 aliphatic carbocycles. The number of nitrogens with one attached hydrogen (secondary N) is 2. The summed E-state index contributed by atoms with van der Waals surface area (Å²) in [5, 5.41) is 6.61. The normalized spacial score (nSPS) is 11.0. The summed E-state index contributed by atoms with van der Waals surface area (Å²) in [4.78, 5) is 4.66. The number of methoxy groups -OCH3 is 2. The molecule has 0 aliphatic rings. The second-order valence-electron chi connectivity index (χ2n) is 5.78. The van der Waals surface area contributed by atoms with E-state index in [-0.39, 0.29) is 0 Å². The summed E-state index contributed by atoms with van der Waals surface area (Å²) in [5.74, 6) is 3.07. The van der Waals surface area contributed by atoms with E-state index >= 15 is 0 Å². The molecule has 2 rings (SSSR count). The highest BCUT2D eigenvalue weighted by Crippen LogP contribution is 2.28. The molecule has 0 bridgehead atoms. The molecule has 0 radical (unpaired) electrons. The SMILES string of the molecule is CCNC(=NCc1ccc(OCC)c(OC)c1)NCc1ccccc1OC. The molecule has 2 aromatic carbocycles. The van der Waals surface area contributed by atoms with Crippen molar-refractivity contribution < 1.29 is 14.2 Å². The minimum absolute atomic E-state index is 0.532. The number of guanidine groups is 1. The van der Waals surface area contributed by atoms with Crippen molar-refractivity contribution in [2.24, 2.45) is 4.99 Å².